The minimum atomic E-state index is -0.0640. The van der Waals surface area contributed by atoms with Crippen molar-refractivity contribution in [3.8, 4) is 11.4 Å². The molecule has 2 aromatic heterocycles. The number of rotatable bonds is 5. The van der Waals surface area contributed by atoms with Gasteiger partial charge in [-0.3, -0.25) is 9.78 Å². The third-order valence-electron chi connectivity index (χ3n) is 3.63. The maximum Gasteiger partial charge on any atom is 0.252 e. The van der Waals surface area contributed by atoms with Gasteiger partial charge in [-0.25, -0.2) is 0 Å². The van der Waals surface area contributed by atoms with E-state index in [1.54, 1.807) is 29.4 Å². The van der Waals surface area contributed by atoms with E-state index in [4.69, 9.17) is 14.0 Å². The van der Waals surface area contributed by atoms with Crippen LogP contribution in [0.15, 0.2) is 29.0 Å². The van der Waals surface area contributed by atoms with E-state index in [-0.39, 0.29) is 31.3 Å². The Morgan fingerprint density at radius 3 is 2.71 bits per heavy atom. The maximum atomic E-state index is 12.2. The summed E-state index contributed by atoms with van der Waals surface area (Å²) in [6, 6.07) is 3.58. The molecule has 3 heterocycles. The Hall–Kier alpha value is -2.32. The van der Waals surface area contributed by atoms with E-state index in [1.165, 1.54) is 0 Å². The van der Waals surface area contributed by atoms with Gasteiger partial charge in [0.15, 0.2) is 0 Å². The summed E-state index contributed by atoms with van der Waals surface area (Å²) in [4.78, 5) is 22.1. The minimum Gasteiger partial charge on any atom is -0.372 e. The van der Waals surface area contributed by atoms with Crippen LogP contribution in [0.2, 0.25) is 0 Å². The Kier molecular flexibility index (Phi) is 5.17. The molecular weight excluding hydrogens is 312 g/mol. The Morgan fingerprint density at radius 2 is 2.00 bits per heavy atom. The van der Waals surface area contributed by atoms with Crippen LogP contribution >= 0.6 is 0 Å². The highest BCUT2D eigenvalue weighted by Gasteiger charge is 2.25. The van der Waals surface area contributed by atoms with E-state index in [0.717, 1.165) is 5.56 Å². The lowest BCUT2D eigenvalue weighted by Crippen LogP contribution is -2.49. The summed E-state index contributed by atoms with van der Waals surface area (Å²) >= 11 is 0. The molecule has 1 aliphatic heterocycles. The van der Waals surface area contributed by atoms with Crippen LogP contribution in [0.1, 0.15) is 19.7 Å². The van der Waals surface area contributed by atoms with Gasteiger partial charge in [0.05, 0.1) is 12.2 Å². The summed E-state index contributed by atoms with van der Waals surface area (Å²) in [7, 11) is 0. The van der Waals surface area contributed by atoms with Gasteiger partial charge in [0, 0.05) is 31.0 Å². The van der Waals surface area contributed by atoms with Crippen LogP contribution in [0.5, 0.6) is 0 Å². The summed E-state index contributed by atoms with van der Waals surface area (Å²) < 4.78 is 16.2. The second-order valence-corrected chi connectivity index (χ2v) is 5.80. The second-order valence-electron chi connectivity index (χ2n) is 5.80. The van der Waals surface area contributed by atoms with Crippen LogP contribution in [0, 0.1) is 0 Å². The average Bonchev–Trinajstić information content (AvgIpc) is 3.03. The van der Waals surface area contributed by atoms with Crippen LogP contribution < -0.4 is 0 Å². The van der Waals surface area contributed by atoms with Gasteiger partial charge < -0.3 is 18.9 Å². The van der Waals surface area contributed by atoms with E-state index >= 15 is 0 Å². The molecule has 0 aromatic carbocycles. The van der Waals surface area contributed by atoms with Crippen molar-refractivity contribution in [2.75, 3.05) is 19.7 Å². The molecular formula is C16H20N4O4. The normalized spacial score (nSPS) is 21.0. The fourth-order valence-electron chi connectivity index (χ4n) is 2.63. The molecule has 0 bridgehead atoms. The largest absolute Gasteiger partial charge is 0.372 e. The van der Waals surface area contributed by atoms with E-state index in [1.807, 2.05) is 13.8 Å². The molecule has 0 radical (unpaired) electrons. The Bertz CT molecular complexity index is 666. The Labute approximate surface area is 139 Å². The number of pyridine rings is 1. The van der Waals surface area contributed by atoms with Crippen molar-refractivity contribution in [3.63, 3.8) is 0 Å². The molecule has 1 fully saturated rings. The van der Waals surface area contributed by atoms with Gasteiger partial charge in [-0.15, -0.1) is 0 Å². The fraction of sp³-hybridized carbons (Fsp3) is 0.500. The van der Waals surface area contributed by atoms with Gasteiger partial charge in [0.2, 0.25) is 11.7 Å². The highest BCUT2D eigenvalue weighted by atomic mass is 16.5. The van der Waals surface area contributed by atoms with Gasteiger partial charge in [0.25, 0.3) is 5.89 Å². The number of amides is 1. The first kappa shape index (κ1) is 16.5. The summed E-state index contributed by atoms with van der Waals surface area (Å²) in [6.07, 6.45) is 3.39. The maximum absolute atomic E-state index is 12.2. The number of carbonyl (C=O) groups excluding carboxylic acids is 1. The van der Waals surface area contributed by atoms with E-state index in [0.29, 0.717) is 24.8 Å². The Morgan fingerprint density at radius 1 is 1.29 bits per heavy atom. The van der Waals surface area contributed by atoms with Gasteiger partial charge >= 0.3 is 0 Å². The van der Waals surface area contributed by atoms with Crippen molar-refractivity contribution < 1.29 is 18.8 Å². The van der Waals surface area contributed by atoms with Gasteiger partial charge in [-0.05, 0) is 26.0 Å². The third kappa shape index (κ3) is 4.15. The molecule has 0 unspecified atom stereocenters. The number of nitrogens with zero attached hydrogens (tertiary/aromatic N) is 4. The number of hydrogen-bond donors (Lipinski definition) is 0. The predicted octanol–water partition coefficient (Wildman–Crippen LogP) is 1.28. The van der Waals surface area contributed by atoms with Gasteiger partial charge in [0.1, 0.15) is 13.2 Å². The first-order valence-electron chi connectivity index (χ1n) is 7.86. The van der Waals surface area contributed by atoms with Crippen LogP contribution in [-0.2, 0) is 20.9 Å². The van der Waals surface area contributed by atoms with E-state index in [2.05, 4.69) is 15.1 Å². The molecule has 0 N–H and O–H groups in total. The number of hydrogen-bond acceptors (Lipinski definition) is 7. The van der Waals surface area contributed by atoms with Crippen LogP contribution in [0.3, 0.4) is 0 Å². The first-order valence-corrected chi connectivity index (χ1v) is 7.86. The molecule has 0 spiro atoms. The molecule has 24 heavy (non-hydrogen) atoms. The average molecular weight is 332 g/mol. The SMILES string of the molecule is C[C@@H]1CN(C(=O)COCc2nc(-c3ccncc3)no2)C[C@H](C)O1. The molecule has 3 rings (SSSR count). The molecule has 1 amide bonds. The zero-order valence-electron chi connectivity index (χ0n) is 13.7. The van der Waals surface area contributed by atoms with Crippen molar-refractivity contribution in [2.45, 2.75) is 32.7 Å². The van der Waals surface area contributed by atoms with E-state index < -0.39 is 0 Å². The lowest BCUT2D eigenvalue weighted by molar-refractivity contribution is -0.148. The predicted molar refractivity (Wildman–Crippen MR) is 83.8 cm³/mol. The summed E-state index contributed by atoms with van der Waals surface area (Å²) in [5.41, 5.74) is 0.812. The minimum absolute atomic E-state index is 0.0214. The molecule has 128 valence electrons. The Balaban J connectivity index is 1.48. The zero-order valence-corrected chi connectivity index (χ0v) is 13.7. The molecule has 1 aliphatic rings. The van der Waals surface area contributed by atoms with Crippen LogP contribution in [0.25, 0.3) is 11.4 Å². The number of morpholine rings is 1. The van der Waals surface area contributed by atoms with Crippen molar-refractivity contribution in [3.05, 3.63) is 30.4 Å². The number of ether oxygens (including phenoxy) is 2. The smallest absolute Gasteiger partial charge is 0.252 e. The molecule has 0 aliphatic carbocycles. The van der Waals surface area contributed by atoms with Crippen molar-refractivity contribution >= 4 is 5.91 Å². The van der Waals surface area contributed by atoms with E-state index in [9.17, 15) is 4.79 Å². The first-order chi connectivity index (χ1) is 11.6. The monoisotopic (exact) mass is 332 g/mol. The summed E-state index contributed by atoms with van der Waals surface area (Å²) in [5.74, 6) is 0.738. The van der Waals surface area contributed by atoms with Crippen molar-refractivity contribution in [1.29, 1.82) is 0 Å². The van der Waals surface area contributed by atoms with Crippen LogP contribution in [0.4, 0.5) is 0 Å². The zero-order chi connectivity index (χ0) is 16.9. The van der Waals surface area contributed by atoms with Crippen molar-refractivity contribution in [2.24, 2.45) is 0 Å². The van der Waals surface area contributed by atoms with Crippen LogP contribution in [-0.4, -0.2) is 57.8 Å². The lowest BCUT2D eigenvalue weighted by atomic mass is 10.2. The summed E-state index contributed by atoms with van der Waals surface area (Å²) in [6.45, 7) is 5.15. The molecule has 8 heteroatoms. The molecule has 8 nitrogen and oxygen atoms in total. The summed E-state index contributed by atoms with van der Waals surface area (Å²) in [5, 5.41) is 3.89. The lowest BCUT2D eigenvalue weighted by Gasteiger charge is -2.35. The number of aromatic nitrogens is 3. The second kappa shape index (κ2) is 7.50. The standard InChI is InChI=1S/C16H20N4O4/c1-11-7-20(8-12(2)23-11)15(21)10-22-9-14-18-16(19-24-14)13-3-5-17-6-4-13/h3-6,11-12H,7-10H2,1-2H3/t11-,12+. The molecule has 2 atom stereocenters. The van der Waals surface area contributed by atoms with Crippen molar-refractivity contribution in [1.82, 2.24) is 20.0 Å². The molecule has 2 aromatic rings. The number of carbonyl (C=O) groups is 1. The highest BCUT2D eigenvalue weighted by Crippen LogP contribution is 2.14. The highest BCUT2D eigenvalue weighted by molar-refractivity contribution is 5.77. The quantitative estimate of drug-likeness (QED) is 0.814. The van der Waals surface area contributed by atoms with Gasteiger partial charge in [-0.1, -0.05) is 5.16 Å². The molecule has 1 saturated heterocycles. The fourth-order valence-corrected chi connectivity index (χ4v) is 2.63. The van der Waals surface area contributed by atoms with Gasteiger partial charge in [-0.2, -0.15) is 4.98 Å². The third-order valence-corrected chi connectivity index (χ3v) is 3.63. The molecule has 0 saturated carbocycles. The topological polar surface area (TPSA) is 90.6 Å².